The summed E-state index contributed by atoms with van der Waals surface area (Å²) in [6.07, 6.45) is 0. The summed E-state index contributed by atoms with van der Waals surface area (Å²) in [5.41, 5.74) is 0.200. The van der Waals surface area contributed by atoms with Gasteiger partial charge in [-0.05, 0) is 24.3 Å². The number of thioether (sulfide) groups is 1. The molecule has 4 nitrogen and oxygen atoms in total. The number of nitriles is 1. The summed E-state index contributed by atoms with van der Waals surface area (Å²) in [7, 11) is 0. The van der Waals surface area contributed by atoms with Crippen LogP contribution in [-0.4, -0.2) is 18.2 Å². The summed E-state index contributed by atoms with van der Waals surface area (Å²) in [6.45, 7) is -0.334. The van der Waals surface area contributed by atoms with Crippen LogP contribution in [0.4, 0.5) is 24.5 Å². The van der Waals surface area contributed by atoms with E-state index in [-0.39, 0.29) is 18.0 Å². The fraction of sp³-hybridized carbons (Fsp3) is 0.125. The summed E-state index contributed by atoms with van der Waals surface area (Å²) < 4.78 is 39.5. The summed E-state index contributed by atoms with van der Waals surface area (Å²) in [4.78, 5) is 12.7. The molecular formula is C16H12F3N3OS. The maximum absolute atomic E-state index is 13.5. The van der Waals surface area contributed by atoms with Gasteiger partial charge in [0.25, 0.3) is 0 Å². The topological polar surface area (TPSA) is 64.9 Å². The van der Waals surface area contributed by atoms with Crippen LogP contribution >= 0.6 is 11.8 Å². The number of amides is 1. The molecule has 0 spiro atoms. The van der Waals surface area contributed by atoms with Crippen LogP contribution < -0.4 is 10.6 Å². The predicted molar refractivity (Wildman–Crippen MR) is 86.2 cm³/mol. The molecule has 24 heavy (non-hydrogen) atoms. The van der Waals surface area contributed by atoms with E-state index in [0.717, 1.165) is 12.1 Å². The maximum Gasteiger partial charge on any atom is 0.243 e. The van der Waals surface area contributed by atoms with Gasteiger partial charge in [-0.2, -0.15) is 5.26 Å². The lowest BCUT2D eigenvalue weighted by atomic mass is 10.2. The molecule has 0 heterocycles. The van der Waals surface area contributed by atoms with Crippen LogP contribution in [0, 0.1) is 28.8 Å². The van der Waals surface area contributed by atoms with Crippen molar-refractivity contribution in [1.29, 1.82) is 5.26 Å². The van der Waals surface area contributed by atoms with Crippen LogP contribution in [0.2, 0.25) is 0 Å². The Bertz CT molecular complexity index is 793. The van der Waals surface area contributed by atoms with Crippen molar-refractivity contribution < 1.29 is 18.0 Å². The molecule has 0 unspecified atom stereocenters. The van der Waals surface area contributed by atoms with E-state index in [1.807, 2.05) is 6.07 Å². The minimum absolute atomic E-state index is 0.227. The first-order chi connectivity index (χ1) is 11.5. The highest BCUT2D eigenvalue weighted by molar-refractivity contribution is 7.99. The molecule has 2 aromatic rings. The molecule has 0 fully saturated rings. The fourth-order valence-electron chi connectivity index (χ4n) is 1.84. The lowest BCUT2D eigenvalue weighted by Crippen LogP contribution is -2.22. The average Bonchev–Trinajstić information content (AvgIpc) is 2.58. The van der Waals surface area contributed by atoms with Gasteiger partial charge in [-0.3, -0.25) is 4.79 Å². The Morgan fingerprint density at radius 2 is 1.83 bits per heavy atom. The standard InChI is InChI=1S/C16H12F3N3OS/c17-10-5-6-12(16(19)15(10)18)21-9-14(23)22-11-3-1-2-4-13(11)24-8-7-20/h1-6,21H,8-9H2,(H,22,23). The Labute approximate surface area is 140 Å². The second-order valence-electron chi connectivity index (χ2n) is 4.57. The number of nitrogens with one attached hydrogen (secondary N) is 2. The number of halogens is 3. The van der Waals surface area contributed by atoms with Crippen molar-refractivity contribution >= 4 is 29.0 Å². The molecule has 0 bridgehead atoms. The van der Waals surface area contributed by atoms with Gasteiger partial charge in [-0.25, -0.2) is 13.2 Å². The highest BCUT2D eigenvalue weighted by atomic mass is 32.2. The quantitative estimate of drug-likeness (QED) is 0.614. The van der Waals surface area contributed by atoms with Crippen molar-refractivity contribution in [2.24, 2.45) is 0 Å². The Morgan fingerprint density at radius 3 is 2.58 bits per heavy atom. The SMILES string of the molecule is N#CCSc1ccccc1NC(=O)CNc1ccc(F)c(F)c1F. The van der Waals surface area contributed by atoms with Crippen LogP contribution in [-0.2, 0) is 4.79 Å². The number of rotatable bonds is 6. The first-order valence-corrected chi connectivity index (χ1v) is 7.77. The minimum Gasteiger partial charge on any atom is -0.374 e. The summed E-state index contributed by atoms with van der Waals surface area (Å²) in [6, 6.07) is 10.7. The van der Waals surface area contributed by atoms with E-state index in [9.17, 15) is 18.0 Å². The summed E-state index contributed by atoms with van der Waals surface area (Å²) in [5, 5.41) is 13.6. The van der Waals surface area contributed by atoms with Gasteiger partial charge >= 0.3 is 0 Å². The van der Waals surface area contributed by atoms with Crippen LogP contribution in [0.25, 0.3) is 0 Å². The van der Waals surface area contributed by atoms with E-state index in [1.54, 1.807) is 24.3 Å². The molecule has 2 aromatic carbocycles. The van der Waals surface area contributed by atoms with Crippen LogP contribution in [0.5, 0.6) is 0 Å². The largest absolute Gasteiger partial charge is 0.374 e. The molecule has 0 saturated carbocycles. The van der Waals surface area contributed by atoms with Gasteiger partial charge in [0.15, 0.2) is 17.5 Å². The molecule has 1 amide bonds. The number of nitrogens with zero attached hydrogens (tertiary/aromatic N) is 1. The van der Waals surface area contributed by atoms with Crippen molar-refractivity contribution in [2.75, 3.05) is 22.9 Å². The van der Waals surface area contributed by atoms with Crippen LogP contribution in [0.3, 0.4) is 0 Å². The molecule has 2 rings (SSSR count). The molecular weight excluding hydrogens is 339 g/mol. The highest BCUT2D eigenvalue weighted by Crippen LogP contribution is 2.26. The van der Waals surface area contributed by atoms with Crippen molar-refractivity contribution in [3.63, 3.8) is 0 Å². The third-order valence-electron chi connectivity index (χ3n) is 2.93. The third-order valence-corrected chi connectivity index (χ3v) is 3.87. The van der Waals surface area contributed by atoms with Gasteiger partial charge in [0, 0.05) is 4.90 Å². The Hall–Kier alpha value is -2.66. The summed E-state index contributed by atoms with van der Waals surface area (Å²) >= 11 is 1.26. The number of carbonyl (C=O) groups is 1. The molecule has 8 heteroatoms. The third kappa shape index (κ3) is 4.43. The maximum atomic E-state index is 13.5. The minimum atomic E-state index is -1.60. The Morgan fingerprint density at radius 1 is 1.08 bits per heavy atom. The lowest BCUT2D eigenvalue weighted by molar-refractivity contribution is -0.114. The number of carbonyl (C=O) groups excluding carboxylic acids is 1. The van der Waals surface area contributed by atoms with E-state index in [4.69, 9.17) is 5.26 Å². The van der Waals surface area contributed by atoms with Gasteiger partial charge in [0.1, 0.15) is 0 Å². The van der Waals surface area contributed by atoms with E-state index in [0.29, 0.717) is 10.6 Å². The lowest BCUT2D eigenvalue weighted by Gasteiger charge is -2.11. The van der Waals surface area contributed by atoms with Gasteiger partial charge in [0.05, 0.1) is 29.7 Å². The van der Waals surface area contributed by atoms with Crippen LogP contribution in [0.15, 0.2) is 41.3 Å². The Balaban J connectivity index is 2.00. The molecule has 2 N–H and O–H groups in total. The number of para-hydroxylation sites is 1. The number of anilines is 2. The van der Waals surface area contributed by atoms with Gasteiger partial charge < -0.3 is 10.6 Å². The van der Waals surface area contributed by atoms with E-state index in [1.165, 1.54) is 11.8 Å². The molecule has 0 saturated heterocycles. The second kappa shape index (κ2) is 8.26. The zero-order chi connectivity index (χ0) is 17.5. The van der Waals surface area contributed by atoms with Crippen molar-refractivity contribution in [1.82, 2.24) is 0 Å². The number of benzene rings is 2. The van der Waals surface area contributed by atoms with Gasteiger partial charge in [0.2, 0.25) is 5.91 Å². The second-order valence-corrected chi connectivity index (χ2v) is 5.58. The van der Waals surface area contributed by atoms with Crippen molar-refractivity contribution in [3.8, 4) is 6.07 Å². The summed E-state index contributed by atoms with van der Waals surface area (Å²) in [5.74, 6) is -4.55. The first kappa shape index (κ1) is 17.7. The molecule has 0 aliphatic rings. The van der Waals surface area contributed by atoms with E-state index in [2.05, 4.69) is 10.6 Å². The fourth-order valence-corrected chi connectivity index (χ4v) is 2.51. The average molecular weight is 351 g/mol. The predicted octanol–water partition coefficient (Wildman–Crippen LogP) is 3.77. The van der Waals surface area contributed by atoms with Crippen molar-refractivity contribution in [3.05, 3.63) is 53.8 Å². The molecule has 0 aromatic heterocycles. The zero-order valence-electron chi connectivity index (χ0n) is 12.3. The molecule has 124 valence electrons. The monoisotopic (exact) mass is 351 g/mol. The molecule has 0 aliphatic carbocycles. The number of hydrogen-bond acceptors (Lipinski definition) is 4. The molecule has 0 radical (unpaired) electrons. The smallest absolute Gasteiger partial charge is 0.243 e. The van der Waals surface area contributed by atoms with Crippen LogP contribution in [0.1, 0.15) is 0 Å². The van der Waals surface area contributed by atoms with Crippen molar-refractivity contribution in [2.45, 2.75) is 4.90 Å². The van der Waals surface area contributed by atoms with E-state index >= 15 is 0 Å². The molecule has 0 atom stereocenters. The normalized spacial score (nSPS) is 10.1. The van der Waals surface area contributed by atoms with E-state index < -0.39 is 23.4 Å². The highest BCUT2D eigenvalue weighted by Gasteiger charge is 2.14. The molecule has 0 aliphatic heterocycles. The van der Waals surface area contributed by atoms with Gasteiger partial charge in [-0.15, -0.1) is 11.8 Å². The zero-order valence-corrected chi connectivity index (χ0v) is 13.1. The first-order valence-electron chi connectivity index (χ1n) is 6.79. The van der Waals surface area contributed by atoms with Gasteiger partial charge in [-0.1, -0.05) is 12.1 Å². The Kier molecular flexibility index (Phi) is 6.09. The number of hydrogen-bond donors (Lipinski definition) is 2.